The zero-order chi connectivity index (χ0) is 22.1. The number of aromatic nitrogens is 4. The molecule has 2 aromatic rings. The lowest BCUT2D eigenvalue weighted by Crippen LogP contribution is -2.50. The molecule has 0 radical (unpaired) electrons. The van der Waals surface area contributed by atoms with E-state index in [0.29, 0.717) is 44.1 Å². The van der Waals surface area contributed by atoms with E-state index in [0.717, 1.165) is 62.3 Å². The minimum atomic E-state index is -0.193. The van der Waals surface area contributed by atoms with Crippen molar-refractivity contribution in [3.63, 3.8) is 0 Å². The highest BCUT2D eigenvalue weighted by atomic mass is 16.5. The van der Waals surface area contributed by atoms with E-state index in [-0.39, 0.29) is 11.9 Å². The number of rotatable bonds is 6. The van der Waals surface area contributed by atoms with Gasteiger partial charge in [-0.05, 0) is 44.4 Å². The number of aryl methyl sites for hydroxylation is 1. The Bertz CT molecular complexity index is 967. The Balaban J connectivity index is 1.39. The van der Waals surface area contributed by atoms with Gasteiger partial charge in [0, 0.05) is 30.9 Å². The molecule has 1 aliphatic carbocycles. The van der Waals surface area contributed by atoms with E-state index >= 15 is 0 Å². The van der Waals surface area contributed by atoms with Gasteiger partial charge in [-0.1, -0.05) is 13.8 Å². The number of hydrogen-bond acceptors (Lipinski definition) is 7. The predicted molar refractivity (Wildman–Crippen MR) is 122 cm³/mol. The molecule has 0 unspecified atom stereocenters. The van der Waals surface area contributed by atoms with E-state index in [4.69, 9.17) is 14.7 Å². The summed E-state index contributed by atoms with van der Waals surface area (Å²) in [6.45, 7) is 7.76. The van der Waals surface area contributed by atoms with Crippen molar-refractivity contribution in [1.82, 2.24) is 24.8 Å². The maximum atomic E-state index is 13.2. The van der Waals surface area contributed by atoms with E-state index in [1.165, 1.54) is 5.56 Å². The standard InChI is InChI=1S/C23H33N7O2/c1-15(2)13-16-14-24-22(25-16)27-20-17-5-3-6-18(17)26-23(28-20)30-8-4-7-19(30)21(31)29-9-11-32-12-10-29/h14-15,19H,3-13H2,1-2H3,(H2,24,25,26,27,28)/t19-/m0/s1. The summed E-state index contributed by atoms with van der Waals surface area (Å²) < 4.78 is 5.42. The minimum Gasteiger partial charge on any atom is -0.378 e. The molecule has 3 aliphatic rings. The lowest BCUT2D eigenvalue weighted by Gasteiger charge is -2.32. The molecule has 2 fully saturated rings. The molecular formula is C23H33N7O2. The Morgan fingerprint density at radius 2 is 2.06 bits per heavy atom. The van der Waals surface area contributed by atoms with Crippen LogP contribution in [0.2, 0.25) is 0 Å². The number of carbonyl (C=O) groups is 1. The Morgan fingerprint density at radius 1 is 1.22 bits per heavy atom. The number of amides is 1. The number of hydrogen-bond donors (Lipinski definition) is 2. The second-order valence-electron chi connectivity index (χ2n) is 9.42. The van der Waals surface area contributed by atoms with Crippen molar-refractivity contribution in [3.8, 4) is 0 Å². The molecule has 0 aromatic carbocycles. The molecule has 5 rings (SSSR count). The summed E-state index contributed by atoms with van der Waals surface area (Å²) in [5.41, 5.74) is 3.38. The van der Waals surface area contributed by atoms with E-state index < -0.39 is 0 Å². The average Bonchev–Trinajstić information content (AvgIpc) is 3.54. The highest BCUT2D eigenvalue weighted by molar-refractivity contribution is 5.85. The second kappa shape index (κ2) is 9.05. The highest BCUT2D eigenvalue weighted by Crippen LogP contribution is 2.32. The van der Waals surface area contributed by atoms with Gasteiger partial charge in [0.2, 0.25) is 17.8 Å². The smallest absolute Gasteiger partial charge is 0.245 e. The summed E-state index contributed by atoms with van der Waals surface area (Å²) in [6, 6.07) is -0.193. The number of H-pyrrole nitrogens is 1. The Kier molecular flexibility index (Phi) is 5.99. The van der Waals surface area contributed by atoms with Gasteiger partial charge in [-0.25, -0.2) is 9.97 Å². The van der Waals surface area contributed by atoms with Crippen LogP contribution in [0.5, 0.6) is 0 Å². The van der Waals surface area contributed by atoms with Crippen molar-refractivity contribution in [2.24, 2.45) is 5.92 Å². The largest absolute Gasteiger partial charge is 0.378 e. The Hall–Kier alpha value is -2.68. The van der Waals surface area contributed by atoms with Gasteiger partial charge in [-0.3, -0.25) is 4.79 Å². The van der Waals surface area contributed by atoms with Gasteiger partial charge < -0.3 is 24.8 Å². The quantitative estimate of drug-likeness (QED) is 0.713. The van der Waals surface area contributed by atoms with Gasteiger partial charge in [0.25, 0.3) is 0 Å². The SMILES string of the molecule is CC(C)Cc1cnc(Nc2nc(N3CCC[C@H]3C(=O)N3CCOCC3)nc3c2CCC3)[nH]1. The molecule has 0 bridgehead atoms. The first-order chi connectivity index (χ1) is 15.6. The third-order valence-corrected chi connectivity index (χ3v) is 6.53. The highest BCUT2D eigenvalue weighted by Gasteiger charge is 2.36. The lowest BCUT2D eigenvalue weighted by molar-refractivity contribution is -0.136. The molecule has 2 saturated heterocycles. The molecule has 172 valence electrons. The summed E-state index contributed by atoms with van der Waals surface area (Å²) >= 11 is 0. The first kappa shape index (κ1) is 21.2. The second-order valence-corrected chi connectivity index (χ2v) is 9.42. The Labute approximate surface area is 189 Å². The lowest BCUT2D eigenvalue weighted by atomic mass is 10.1. The van der Waals surface area contributed by atoms with Crippen LogP contribution in [0.15, 0.2) is 6.20 Å². The first-order valence-corrected chi connectivity index (χ1v) is 11.9. The maximum Gasteiger partial charge on any atom is 0.245 e. The summed E-state index contributed by atoms with van der Waals surface area (Å²) in [7, 11) is 0. The molecule has 2 aliphatic heterocycles. The molecule has 4 heterocycles. The fraction of sp³-hybridized carbons (Fsp3) is 0.652. The van der Waals surface area contributed by atoms with Crippen LogP contribution in [-0.4, -0.2) is 69.6 Å². The van der Waals surface area contributed by atoms with Crippen molar-refractivity contribution in [1.29, 1.82) is 0 Å². The summed E-state index contributed by atoms with van der Waals surface area (Å²) in [6.07, 6.45) is 7.66. The molecule has 2 aromatic heterocycles. The minimum absolute atomic E-state index is 0.175. The van der Waals surface area contributed by atoms with Crippen molar-refractivity contribution < 1.29 is 9.53 Å². The number of imidazole rings is 1. The van der Waals surface area contributed by atoms with Gasteiger partial charge in [0.15, 0.2) is 0 Å². The van der Waals surface area contributed by atoms with E-state index in [1.54, 1.807) is 0 Å². The maximum absolute atomic E-state index is 13.2. The molecule has 1 amide bonds. The van der Waals surface area contributed by atoms with Gasteiger partial charge in [0.05, 0.1) is 25.1 Å². The van der Waals surface area contributed by atoms with Crippen molar-refractivity contribution in [2.45, 2.75) is 58.4 Å². The first-order valence-electron chi connectivity index (χ1n) is 11.9. The number of carbonyl (C=O) groups excluding carboxylic acids is 1. The summed E-state index contributed by atoms with van der Waals surface area (Å²) in [5, 5.41) is 3.41. The van der Waals surface area contributed by atoms with Crippen molar-refractivity contribution in [3.05, 3.63) is 23.1 Å². The van der Waals surface area contributed by atoms with Crippen LogP contribution in [0.3, 0.4) is 0 Å². The van der Waals surface area contributed by atoms with Gasteiger partial charge in [0.1, 0.15) is 11.9 Å². The summed E-state index contributed by atoms with van der Waals surface area (Å²) in [4.78, 5) is 35.0. The van der Waals surface area contributed by atoms with Crippen LogP contribution >= 0.6 is 0 Å². The van der Waals surface area contributed by atoms with Gasteiger partial charge in [-0.2, -0.15) is 4.98 Å². The molecule has 1 atom stereocenters. The van der Waals surface area contributed by atoms with E-state index in [2.05, 4.69) is 34.0 Å². The molecule has 9 heteroatoms. The number of morpholine rings is 1. The van der Waals surface area contributed by atoms with Crippen molar-refractivity contribution >= 4 is 23.6 Å². The van der Waals surface area contributed by atoms with Crippen LogP contribution < -0.4 is 10.2 Å². The molecule has 2 N–H and O–H groups in total. The summed E-state index contributed by atoms with van der Waals surface area (Å²) in [5.74, 6) is 2.92. The van der Waals surface area contributed by atoms with Crippen LogP contribution in [0, 0.1) is 5.92 Å². The predicted octanol–water partition coefficient (Wildman–Crippen LogP) is 2.46. The molecular weight excluding hydrogens is 406 g/mol. The zero-order valence-corrected chi connectivity index (χ0v) is 19.1. The third-order valence-electron chi connectivity index (χ3n) is 6.53. The van der Waals surface area contributed by atoms with Crippen LogP contribution in [0.4, 0.5) is 17.7 Å². The van der Waals surface area contributed by atoms with Crippen LogP contribution in [0.1, 0.15) is 50.1 Å². The van der Waals surface area contributed by atoms with Gasteiger partial charge in [-0.15, -0.1) is 0 Å². The van der Waals surface area contributed by atoms with Gasteiger partial charge >= 0.3 is 0 Å². The normalized spacial score (nSPS) is 20.8. The number of nitrogens with zero attached hydrogens (tertiary/aromatic N) is 5. The van der Waals surface area contributed by atoms with E-state index in [1.807, 2.05) is 11.1 Å². The number of aromatic amines is 1. The topological polar surface area (TPSA) is 99.3 Å². The Morgan fingerprint density at radius 3 is 2.88 bits per heavy atom. The van der Waals surface area contributed by atoms with Crippen molar-refractivity contribution in [2.75, 3.05) is 43.1 Å². The number of nitrogens with one attached hydrogen (secondary N) is 2. The fourth-order valence-corrected chi connectivity index (χ4v) is 4.99. The van der Waals surface area contributed by atoms with Crippen LogP contribution in [0.25, 0.3) is 0 Å². The molecule has 0 saturated carbocycles. The number of fused-ring (bicyclic) bond motifs is 1. The average molecular weight is 440 g/mol. The third kappa shape index (κ3) is 4.30. The molecule has 0 spiro atoms. The molecule has 9 nitrogen and oxygen atoms in total. The molecule has 32 heavy (non-hydrogen) atoms. The number of anilines is 3. The zero-order valence-electron chi connectivity index (χ0n) is 19.1. The monoisotopic (exact) mass is 439 g/mol. The van der Waals surface area contributed by atoms with E-state index in [9.17, 15) is 4.79 Å². The van der Waals surface area contributed by atoms with Crippen LogP contribution in [-0.2, 0) is 28.8 Å². The fourth-order valence-electron chi connectivity index (χ4n) is 4.99. The number of ether oxygens (including phenoxy) is 1.